The number of carbonyl (C=O) groups is 1. The Morgan fingerprint density at radius 1 is 1.42 bits per heavy atom. The van der Waals surface area contributed by atoms with E-state index in [-0.39, 0.29) is 12.4 Å². The molecule has 1 aliphatic heterocycles. The summed E-state index contributed by atoms with van der Waals surface area (Å²) >= 11 is 0. The Balaban J connectivity index is 0.00000180. The molecule has 1 aromatic carbocycles. The van der Waals surface area contributed by atoms with Crippen molar-refractivity contribution in [3.8, 4) is 5.75 Å². The van der Waals surface area contributed by atoms with Gasteiger partial charge in [-0.2, -0.15) is 0 Å². The first-order valence-corrected chi connectivity index (χ1v) is 5.57. The average molecular weight is 294 g/mol. The molecule has 1 heterocycles. The molecule has 1 saturated heterocycles. The lowest BCUT2D eigenvalue weighted by Crippen LogP contribution is -2.49. The van der Waals surface area contributed by atoms with Crippen molar-refractivity contribution in [1.82, 2.24) is 5.32 Å². The van der Waals surface area contributed by atoms with Gasteiger partial charge in [0.15, 0.2) is 6.61 Å². The number of alkyl halides is 2. The zero-order chi connectivity index (χ0) is 13.2. The van der Waals surface area contributed by atoms with Crippen LogP contribution in [0, 0.1) is 0 Å². The summed E-state index contributed by atoms with van der Waals surface area (Å²) < 4.78 is 36.7. The third kappa shape index (κ3) is 3.47. The highest BCUT2D eigenvalue weighted by atomic mass is 35.5. The monoisotopic (exact) mass is 293 g/mol. The summed E-state index contributed by atoms with van der Waals surface area (Å²) in [6.07, 6.45) is -0.834. The lowest BCUT2D eigenvalue weighted by Gasteiger charge is -2.31. The molecule has 0 radical (unpaired) electrons. The van der Waals surface area contributed by atoms with Gasteiger partial charge in [0.2, 0.25) is 0 Å². The van der Waals surface area contributed by atoms with E-state index in [0.29, 0.717) is 17.9 Å². The van der Waals surface area contributed by atoms with E-state index in [4.69, 9.17) is 4.74 Å². The number of ether oxygens (including phenoxy) is 2. The normalized spacial score (nSPS) is 20.8. The number of carbonyl (C=O) groups excluding carboxylic acids is 1. The molecule has 0 saturated carbocycles. The van der Waals surface area contributed by atoms with Crippen LogP contribution in [-0.4, -0.2) is 25.2 Å². The highest BCUT2D eigenvalue weighted by Crippen LogP contribution is 2.34. The van der Waals surface area contributed by atoms with Crippen LogP contribution < -0.4 is 10.1 Å². The second-order valence-corrected chi connectivity index (χ2v) is 3.92. The maximum absolute atomic E-state index is 13.6. The van der Waals surface area contributed by atoms with Gasteiger partial charge < -0.3 is 14.8 Å². The van der Waals surface area contributed by atoms with Crippen molar-refractivity contribution in [2.24, 2.45) is 0 Å². The van der Waals surface area contributed by atoms with E-state index in [9.17, 15) is 13.6 Å². The van der Waals surface area contributed by atoms with E-state index in [1.54, 1.807) is 12.1 Å². The first-order valence-electron chi connectivity index (χ1n) is 5.57. The molecule has 1 fully saturated rings. The topological polar surface area (TPSA) is 47.6 Å². The molecule has 1 N–H and O–H groups in total. The van der Waals surface area contributed by atoms with Gasteiger partial charge in [-0.3, -0.25) is 0 Å². The zero-order valence-electron chi connectivity index (χ0n) is 10.2. The van der Waals surface area contributed by atoms with Gasteiger partial charge in [-0.05, 0) is 24.6 Å². The van der Waals surface area contributed by atoms with Gasteiger partial charge in [0.25, 0.3) is 0 Å². The van der Waals surface area contributed by atoms with Crippen molar-refractivity contribution in [3.63, 3.8) is 0 Å². The molecule has 1 atom stereocenters. The van der Waals surface area contributed by atoms with Crippen LogP contribution in [0.3, 0.4) is 0 Å². The Kier molecular flexibility index (Phi) is 4.94. The lowest BCUT2D eigenvalue weighted by molar-refractivity contribution is -0.104. The van der Waals surface area contributed by atoms with Crippen LogP contribution in [0.2, 0.25) is 0 Å². The quantitative estimate of drug-likeness (QED) is 0.932. The summed E-state index contributed by atoms with van der Waals surface area (Å²) in [5, 5.41) is 2.12. The summed E-state index contributed by atoms with van der Waals surface area (Å²) in [6, 6.07) is 4.84. The molecule has 1 aromatic rings. The van der Waals surface area contributed by atoms with Gasteiger partial charge in [-0.1, -0.05) is 12.1 Å². The number of halogens is 3. The summed E-state index contributed by atoms with van der Waals surface area (Å²) in [7, 11) is 0. The smallest absolute Gasteiger partial charge is 0.408 e. The Bertz CT molecular complexity index is 439. The second kappa shape index (κ2) is 6.06. The van der Waals surface area contributed by atoms with Gasteiger partial charge in [-0.15, -0.1) is 12.4 Å². The number of hydrogen-bond donors (Lipinski definition) is 1. The molecule has 0 aromatic heterocycles. The standard InChI is InChI=1S/C12H13F2NO3.ClH/c1-2-17-9-5-3-8(4-6-9)10-12(13,14)7-18-11(16)15-10;/h3-6,10H,2,7H2,1H3,(H,15,16);1H/t10-;/m1./s1. The predicted octanol–water partition coefficient (Wildman–Crippen LogP) is 2.92. The van der Waals surface area contributed by atoms with E-state index >= 15 is 0 Å². The highest BCUT2D eigenvalue weighted by Gasteiger charge is 2.46. The van der Waals surface area contributed by atoms with Crippen molar-refractivity contribution >= 4 is 18.5 Å². The molecule has 0 bridgehead atoms. The lowest BCUT2D eigenvalue weighted by atomic mass is 10.00. The molecular formula is C12H14ClF2NO3. The third-order valence-electron chi connectivity index (χ3n) is 2.60. The van der Waals surface area contributed by atoms with Crippen LogP contribution in [0.1, 0.15) is 18.5 Å². The largest absolute Gasteiger partial charge is 0.494 e. The van der Waals surface area contributed by atoms with E-state index in [1.165, 1.54) is 12.1 Å². The number of alkyl carbamates (subject to hydrolysis) is 1. The molecule has 106 valence electrons. The molecule has 0 unspecified atom stereocenters. The molecule has 1 aliphatic rings. The van der Waals surface area contributed by atoms with Crippen LogP contribution in [0.25, 0.3) is 0 Å². The van der Waals surface area contributed by atoms with Crippen molar-refractivity contribution in [3.05, 3.63) is 29.8 Å². The molecule has 19 heavy (non-hydrogen) atoms. The highest BCUT2D eigenvalue weighted by molar-refractivity contribution is 5.85. The molecular weight excluding hydrogens is 280 g/mol. The van der Waals surface area contributed by atoms with E-state index in [2.05, 4.69) is 10.1 Å². The summed E-state index contributed by atoms with van der Waals surface area (Å²) in [5.74, 6) is -2.52. The van der Waals surface area contributed by atoms with Crippen LogP contribution in [0.15, 0.2) is 24.3 Å². The van der Waals surface area contributed by atoms with Gasteiger partial charge in [0, 0.05) is 0 Å². The summed E-state index contributed by atoms with van der Waals surface area (Å²) in [5.41, 5.74) is 0.320. The molecule has 7 heteroatoms. The minimum atomic E-state index is -3.12. The molecule has 2 rings (SSSR count). The minimum Gasteiger partial charge on any atom is -0.494 e. The third-order valence-corrected chi connectivity index (χ3v) is 2.60. The molecule has 0 spiro atoms. The second-order valence-electron chi connectivity index (χ2n) is 3.92. The Morgan fingerprint density at radius 2 is 2.05 bits per heavy atom. The van der Waals surface area contributed by atoms with Gasteiger partial charge >= 0.3 is 12.0 Å². The van der Waals surface area contributed by atoms with E-state index < -0.39 is 24.7 Å². The van der Waals surface area contributed by atoms with Crippen molar-refractivity contribution < 1.29 is 23.0 Å². The van der Waals surface area contributed by atoms with Crippen LogP contribution in [-0.2, 0) is 4.74 Å². The van der Waals surface area contributed by atoms with Crippen molar-refractivity contribution in [2.75, 3.05) is 13.2 Å². The fourth-order valence-electron chi connectivity index (χ4n) is 1.76. The van der Waals surface area contributed by atoms with E-state index in [1.807, 2.05) is 6.92 Å². The Labute approximate surface area is 115 Å². The molecule has 0 aliphatic carbocycles. The maximum Gasteiger partial charge on any atom is 0.408 e. The van der Waals surface area contributed by atoms with Gasteiger partial charge in [0.05, 0.1) is 6.61 Å². The average Bonchev–Trinajstić information content (AvgIpc) is 2.34. The first-order chi connectivity index (χ1) is 8.53. The van der Waals surface area contributed by atoms with Crippen LogP contribution in [0.4, 0.5) is 13.6 Å². The number of cyclic esters (lactones) is 1. The van der Waals surface area contributed by atoms with Gasteiger partial charge in [0.1, 0.15) is 11.8 Å². The first kappa shape index (κ1) is 15.5. The fraction of sp³-hybridized carbons (Fsp3) is 0.417. The number of amides is 1. The zero-order valence-corrected chi connectivity index (χ0v) is 11.0. The number of hydrogen-bond acceptors (Lipinski definition) is 3. The summed E-state index contributed by atoms with van der Waals surface area (Å²) in [4.78, 5) is 11.0. The number of rotatable bonds is 3. The molecule has 1 amide bonds. The fourth-order valence-corrected chi connectivity index (χ4v) is 1.76. The Hall–Kier alpha value is -1.56. The summed E-state index contributed by atoms with van der Waals surface area (Å²) in [6.45, 7) is 1.43. The predicted molar refractivity (Wildman–Crippen MR) is 67.0 cm³/mol. The maximum atomic E-state index is 13.6. The Morgan fingerprint density at radius 3 is 2.63 bits per heavy atom. The van der Waals surface area contributed by atoms with Gasteiger partial charge in [-0.25, -0.2) is 13.6 Å². The minimum absolute atomic E-state index is 0. The van der Waals surface area contributed by atoms with E-state index in [0.717, 1.165) is 0 Å². The van der Waals surface area contributed by atoms with Crippen molar-refractivity contribution in [2.45, 2.75) is 18.9 Å². The van der Waals surface area contributed by atoms with Crippen LogP contribution >= 0.6 is 12.4 Å². The van der Waals surface area contributed by atoms with Crippen LogP contribution in [0.5, 0.6) is 5.75 Å². The van der Waals surface area contributed by atoms with Crippen molar-refractivity contribution in [1.29, 1.82) is 0 Å². The molecule has 4 nitrogen and oxygen atoms in total. The number of benzene rings is 1. The number of nitrogens with one attached hydrogen (secondary N) is 1. The SMILES string of the molecule is CCOc1ccc([C@H]2NC(=O)OCC2(F)F)cc1.Cl.